The molecule has 0 bridgehead atoms. The zero-order valence-electron chi connectivity index (χ0n) is 17.8. The molecule has 5 rings (SSSR count). The van der Waals surface area contributed by atoms with Gasteiger partial charge in [-0.15, -0.1) is 0 Å². The molecule has 160 valence electrons. The summed E-state index contributed by atoms with van der Waals surface area (Å²) in [5.41, 5.74) is 2.14. The van der Waals surface area contributed by atoms with E-state index in [-0.39, 0.29) is 0 Å². The van der Waals surface area contributed by atoms with Crippen molar-refractivity contribution in [2.75, 3.05) is 0 Å². The number of pyridine rings is 1. The van der Waals surface area contributed by atoms with Crippen LogP contribution in [0, 0.1) is 0 Å². The first-order valence-electron chi connectivity index (χ1n) is 10.6. The van der Waals surface area contributed by atoms with E-state index in [0.29, 0.717) is 0 Å². The summed E-state index contributed by atoms with van der Waals surface area (Å²) in [5.74, 6) is 0. The Morgan fingerprint density at radius 3 is 1.52 bits per heavy atom. The van der Waals surface area contributed by atoms with Crippen LogP contribution in [0.3, 0.4) is 0 Å². The summed E-state index contributed by atoms with van der Waals surface area (Å²) >= 11 is 5.33. The molecule has 0 aliphatic carbocycles. The fraction of sp³-hybridized carbons (Fsp3) is 0. The molecule has 5 aromatic rings. The normalized spacial score (nSPS) is 10.8. The van der Waals surface area contributed by atoms with Crippen LogP contribution in [0.15, 0.2) is 157 Å². The molecule has 1 nitrogen and oxygen atoms in total. The molecule has 0 aliphatic rings. The number of hydrogen-bond donors (Lipinski definition) is 0. The van der Waals surface area contributed by atoms with Gasteiger partial charge in [0.15, 0.2) is 0 Å². The molecule has 1 heterocycles. The highest BCUT2D eigenvalue weighted by Crippen LogP contribution is 2.40. The van der Waals surface area contributed by atoms with Crippen LogP contribution < -0.4 is 0 Å². The molecule has 0 aliphatic heterocycles. The maximum Gasteiger partial charge on any atom is 0.0724 e. The Labute approximate surface area is 207 Å². The minimum Gasteiger partial charge on any atom is -0.256 e. The van der Waals surface area contributed by atoms with Crippen molar-refractivity contribution in [3.05, 3.63) is 128 Å². The quantitative estimate of drug-likeness (QED) is 0.231. The maximum atomic E-state index is 4.73. The van der Waals surface area contributed by atoms with Crippen molar-refractivity contribution in [1.82, 2.24) is 4.98 Å². The molecule has 4 heteroatoms. The molecule has 1 aromatic heterocycles. The van der Waals surface area contributed by atoms with E-state index in [1.807, 2.05) is 12.3 Å². The second-order valence-corrected chi connectivity index (χ2v) is 10.7. The number of nitrogens with zero attached hydrogens (tertiary/aromatic N) is 1. The van der Waals surface area contributed by atoms with Gasteiger partial charge in [0.1, 0.15) is 0 Å². The smallest absolute Gasteiger partial charge is 0.0724 e. The molecule has 0 spiro atoms. The molecule has 0 unspecified atom stereocenters. The van der Waals surface area contributed by atoms with Crippen molar-refractivity contribution in [2.24, 2.45) is 0 Å². The lowest BCUT2D eigenvalue weighted by Gasteiger charge is -2.12. The average Bonchev–Trinajstić information content (AvgIpc) is 2.86. The van der Waals surface area contributed by atoms with E-state index >= 15 is 0 Å². The topological polar surface area (TPSA) is 12.9 Å². The Kier molecular flexibility index (Phi) is 7.17. The third-order valence-electron chi connectivity index (χ3n) is 4.89. The Morgan fingerprint density at radius 2 is 0.939 bits per heavy atom. The lowest BCUT2D eigenvalue weighted by atomic mass is 10.1. The van der Waals surface area contributed by atoms with Crippen LogP contribution in [0.25, 0.3) is 11.3 Å². The standard InChI is InChI=1S/C29H21NS3/c1-4-10-22(11-5-1)31-25-16-17-27(29(21-25)33-24-14-8-3-9-15-24)28-20-26(18-19-30-28)32-23-12-6-2-7-13-23/h1-21H. The first-order chi connectivity index (χ1) is 16.3. The van der Waals surface area contributed by atoms with Gasteiger partial charge < -0.3 is 0 Å². The predicted molar refractivity (Wildman–Crippen MR) is 141 cm³/mol. The van der Waals surface area contributed by atoms with Gasteiger partial charge in [-0.3, -0.25) is 4.98 Å². The Hall–Kier alpha value is -2.92. The van der Waals surface area contributed by atoms with Crippen LogP contribution in [0.2, 0.25) is 0 Å². The summed E-state index contributed by atoms with van der Waals surface area (Å²) in [5, 5.41) is 0. The fourth-order valence-electron chi connectivity index (χ4n) is 3.35. The Morgan fingerprint density at radius 1 is 0.424 bits per heavy atom. The number of benzene rings is 4. The largest absolute Gasteiger partial charge is 0.256 e. The molecular weight excluding hydrogens is 459 g/mol. The highest BCUT2D eigenvalue weighted by Gasteiger charge is 2.12. The second-order valence-electron chi connectivity index (χ2n) is 7.28. The lowest BCUT2D eigenvalue weighted by molar-refractivity contribution is 1.22. The van der Waals surface area contributed by atoms with E-state index in [1.54, 1.807) is 35.3 Å². The fourth-order valence-corrected chi connectivity index (χ4v) is 6.18. The van der Waals surface area contributed by atoms with Crippen LogP contribution in [0.5, 0.6) is 0 Å². The molecule has 0 N–H and O–H groups in total. The first kappa shape index (κ1) is 21.9. The van der Waals surface area contributed by atoms with Gasteiger partial charge in [-0.05, 0) is 60.7 Å². The molecule has 0 atom stereocenters. The van der Waals surface area contributed by atoms with Gasteiger partial charge in [0.2, 0.25) is 0 Å². The molecule has 4 aromatic carbocycles. The van der Waals surface area contributed by atoms with E-state index in [4.69, 9.17) is 4.98 Å². The first-order valence-corrected chi connectivity index (χ1v) is 13.1. The van der Waals surface area contributed by atoms with Crippen LogP contribution in [0.4, 0.5) is 0 Å². The average molecular weight is 480 g/mol. The van der Waals surface area contributed by atoms with Gasteiger partial charge in [0, 0.05) is 41.1 Å². The Bertz CT molecular complexity index is 1320. The van der Waals surface area contributed by atoms with Crippen molar-refractivity contribution in [3.63, 3.8) is 0 Å². The highest BCUT2D eigenvalue weighted by molar-refractivity contribution is 8.00. The summed E-state index contributed by atoms with van der Waals surface area (Å²) in [7, 11) is 0. The molecule has 0 amide bonds. The van der Waals surface area contributed by atoms with Crippen LogP contribution >= 0.6 is 35.3 Å². The third-order valence-corrected chi connectivity index (χ3v) is 7.95. The van der Waals surface area contributed by atoms with E-state index in [0.717, 1.165) is 11.3 Å². The minimum absolute atomic E-state index is 0.991. The van der Waals surface area contributed by atoms with E-state index in [1.165, 1.54) is 29.4 Å². The van der Waals surface area contributed by atoms with E-state index in [9.17, 15) is 0 Å². The minimum atomic E-state index is 0.991. The van der Waals surface area contributed by atoms with Crippen LogP contribution in [-0.2, 0) is 0 Å². The number of aromatic nitrogens is 1. The number of rotatable bonds is 7. The zero-order valence-corrected chi connectivity index (χ0v) is 20.2. The van der Waals surface area contributed by atoms with E-state index in [2.05, 4.69) is 115 Å². The molecule has 0 saturated heterocycles. The lowest BCUT2D eigenvalue weighted by Crippen LogP contribution is -1.88. The molecule has 0 fully saturated rings. The molecule has 0 saturated carbocycles. The summed E-state index contributed by atoms with van der Waals surface area (Å²) in [6.45, 7) is 0. The van der Waals surface area contributed by atoms with Gasteiger partial charge in [-0.1, -0.05) is 95.9 Å². The summed E-state index contributed by atoms with van der Waals surface area (Å²) in [6, 6.07) is 42.4. The van der Waals surface area contributed by atoms with E-state index < -0.39 is 0 Å². The Balaban J connectivity index is 1.50. The second kappa shape index (κ2) is 10.8. The number of hydrogen-bond acceptors (Lipinski definition) is 4. The van der Waals surface area contributed by atoms with Crippen molar-refractivity contribution >= 4 is 35.3 Å². The van der Waals surface area contributed by atoms with Crippen molar-refractivity contribution in [2.45, 2.75) is 29.4 Å². The molecule has 0 radical (unpaired) electrons. The van der Waals surface area contributed by atoms with Gasteiger partial charge in [-0.25, -0.2) is 0 Å². The van der Waals surface area contributed by atoms with Gasteiger partial charge in [-0.2, -0.15) is 0 Å². The van der Waals surface area contributed by atoms with Gasteiger partial charge in [0.05, 0.1) is 5.69 Å². The zero-order chi connectivity index (χ0) is 22.3. The van der Waals surface area contributed by atoms with Gasteiger partial charge in [0.25, 0.3) is 0 Å². The summed E-state index contributed by atoms with van der Waals surface area (Å²) < 4.78 is 0. The maximum absolute atomic E-state index is 4.73. The monoisotopic (exact) mass is 479 g/mol. The molecule has 33 heavy (non-hydrogen) atoms. The third kappa shape index (κ3) is 5.91. The van der Waals surface area contributed by atoms with Crippen LogP contribution in [0.1, 0.15) is 0 Å². The molecular formula is C29H21NS3. The van der Waals surface area contributed by atoms with Gasteiger partial charge >= 0.3 is 0 Å². The van der Waals surface area contributed by atoms with Crippen molar-refractivity contribution in [3.8, 4) is 11.3 Å². The highest BCUT2D eigenvalue weighted by atomic mass is 32.2. The SMILES string of the molecule is c1ccc(Sc2ccnc(-c3ccc(Sc4ccccc4)cc3Sc3ccccc3)c2)cc1. The van der Waals surface area contributed by atoms with Crippen molar-refractivity contribution < 1.29 is 0 Å². The summed E-state index contributed by atoms with van der Waals surface area (Å²) in [4.78, 5) is 12.0. The van der Waals surface area contributed by atoms with Crippen molar-refractivity contribution in [1.29, 1.82) is 0 Å². The van der Waals surface area contributed by atoms with Crippen LogP contribution in [-0.4, -0.2) is 4.98 Å². The summed E-state index contributed by atoms with van der Waals surface area (Å²) in [6.07, 6.45) is 1.91. The predicted octanol–water partition coefficient (Wildman–Crippen LogP) is 9.20.